The Balaban J connectivity index is 1.60. The fraction of sp³-hybridized carbons (Fsp3) is 0. The Kier molecular flexibility index (Phi) is 5.85. The van der Waals surface area contributed by atoms with Crippen molar-refractivity contribution in [3.63, 3.8) is 0 Å². The van der Waals surface area contributed by atoms with Crippen LogP contribution in [0.4, 0.5) is 0 Å². The second-order valence-electron chi connectivity index (χ2n) is 8.79. The van der Waals surface area contributed by atoms with E-state index < -0.39 is 23.9 Å². The number of carboxylic acids is 4. The third kappa shape index (κ3) is 4.54. The maximum Gasteiger partial charge on any atom is 0.335 e. The topological polar surface area (TPSA) is 149 Å². The maximum absolute atomic E-state index is 11.5. The lowest BCUT2D eigenvalue weighted by Crippen LogP contribution is -2.03. The van der Waals surface area contributed by atoms with Crippen molar-refractivity contribution in [3.8, 4) is 22.3 Å². The highest BCUT2D eigenvalue weighted by atomic mass is 16.4. The van der Waals surface area contributed by atoms with Crippen LogP contribution in [-0.2, 0) is 0 Å². The fourth-order valence-electron chi connectivity index (χ4n) is 4.44. The third-order valence-corrected chi connectivity index (χ3v) is 6.32. The SMILES string of the molecule is O=C(O)c1cc(C(=O)O)cc(-c2ccc3cc4cc(-c5cc(C(=O)O)cc(C(=O)O)c5)ccc4cc3c2)c1. The van der Waals surface area contributed by atoms with E-state index in [1.165, 1.54) is 24.3 Å². The molecule has 0 aliphatic heterocycles. The fourth-order valence-corrected chi connectivity index (χ4v) is 4.44. The van der Waals surface area contributed by atoms with E-state index in [1.54, 1.807) is 12.1 Å². The molecule has 186 valence electrons. The molecular weight excluding hydrogens is 488 g/mol. The molecule has 0 aliphatic carbocycles. The van der Waals surface area contributed by atoms with Crippen LogP contribution in [-0.4, -0.2) is 44.3 Å². The van der Waals surface area contributed by atoms with Crippen LogP contribution in [0.3, 0.4) is 0 Å². The van der Waals surface area contributed by atoms with Crippen molar-refractivity contribution >= 4 is 45.4 Å². The molecule has 0 radical (unpaired) electrons. The van der Waals surface area contributed by atoms with Crippen molar-refractivity contribution in [1.29, 1.82) is 0 Å². The highest BCUT2D eigenvalue weighted by molar-refractivity contribution is 6.03. The number of fused-ring (bicyclic) bond motifs is 2. The summed E-state index contributed by atoms with van der Waals surface area (Å²) >= 11 is 0. The summed E-state index contributed by atoms with van der Waals surface area (Å²) in [6.45, 7) is 0. The summed E-state index contributed by atoms with van der Waals surface area (Å²) in [5.74, 6) is -4.88. The van der Waals surface area contributed by atoms with E-state index in [1.807, 2.05) is 36.4 Å². The van der Waals surface area contributed by atoms with Gasteiger partial charge in [0.2, 0.25) is 0 Å². The molecule has 0 saturated carbocycles. The molecule has 0 unspecified atom stereocenters. The van der Waals surface area contributed by atoms with Crippen molar-refractivity contribution in [3.05, 3.63) is 107 Å². The molecule has 0 heterocycles. The summed E-state index contributed by atoms with van der Waals surface area (Å²) in [5, 5.41) is 41.0. The van der Waals surface area contributed by atoms with Gasteiger partial charge in [-0.1, -0.05) is 24.3 Å². The first-order valence-corrected chi connectivity index (χ1v) is 11.3. The first kappa shape index (κ1) is 24.2. The standard InChI is InChI=1S/C30H18O8/c31-27(32)23-9-21(10-24(13-23)28(33)34)17-3-1-15-5-20-8-18(4-2-16(20)6-19(15)7-17)22-11-25(29(35)36)14-26(12-22)30(37)38/h1-14H,(H,31,32)(H,33,34)(H,35,36)(H,37,38). The van der Waals surface area contributed by atoms with Crippen molar-refractivity contribution < 1.29 is 39.6 Å². The minimum atomic E-state index is -1.22. The summed E-state index contributed by atoms with van der Waals surface area (Å²) in [7, 11) is 0. The number of carboxylic acid groups (broad SMARTS) is 4. The van der Waals surface area contributed by atoms with Gasteiger partial charge in [0, 0.05) is 0 Å². The van der Waals surface area contributed by atoms with Crippen molar-refractivity contribution in [2.24, 2.45) is 0 Å². The summed E-state index contributed by atoms with van der Waals surface area (Å²) in [6, 6.07) is 22.8. The smallest absolute Gasteiger partial charge is 0.335 e. The molecule has 0 spiro atoms. The summed E-state index contributed by atoms with van der Waals surface area (Å²) in [5.41, 5.74) is 1.76. The van der Waals surface area contributed by atoms with Crippen LogP contribution >= 0.6 is 0 Å². The van der Waals surface area contributed by atoms with Gasteiger partial charge in [-0.3, -0.25) is 0 Å². The van der Waals surface area contributed by atoms with E-state index in [-0.39, 0.29) is 22.3 Å². The predicted molar refractivity (Wildman–Crippen MR) is 140 cm³/mol. The van der Waals surface area contributed by atoms with Gasteiger partial charge < -0.3 is 20.4 Å². The van der Waals surface area contributed by atoms with Crippen molar-refractivity contribution in [2.75, 3.05) is 0 Å². The van der Waals surface area contributed by atoms with E-state index in [9.17, 15) is 39.6 Å². The Morgan fingerprint density at radius 3 is 0.947 bits per heavy atom. The second-order valence-corrected chi connectivity index (χ2v) is 8.79. The molecule has 38 heavy (non-hydrogen) atoms. The molecule has 0 saturated heterocycles. The Morgan fingerprint density at radius 1 is 0.342 bits per heavy atom. The largest absolute Gasteiger partial charge is 0.478 e. The van der Waals surface area contributed by atoms with Gasteiger partial charge in [-0.15, -0.1) is 0 Å². The number of aromatic carboxylic acids is 4. The molecule has 0 atom stereocenters. The lowest BCUT2D eigenvalue weighted by molar-refractivity contribution is 0.0676. The van der Waals surface area contributed by atoms with Crippen LogP contribution in [0, 0.1) is 0 Å². The summed E-state index contributed by atoms with van der Waals surface area (Å²) in [6.07, 6.45) is 0. The lowest BCUT2D eigenvalue weighted by atomic mass is 9.94. The lowest BCUT2D eigenvalue weighted by Gasteiger charge is -2.10. The van der Waals surface area contributed by atoms with Gasteiger partial charge in [0.1, 0.15) is 0 Å². The number of hydrogen-bond acceptors (Lipinski definition) is 4. The zero-order valence-electron chi connectivity index (χ0n) is 19.5. The van der Waals surface area contributed by atoms with Crippen LogP contribution in [0.2, 0.25) is 0 Å². The number of rotatable bonds is 6. The van der Waals surface area contributed by atoms with Crippen LogP contribution in [0.1, 0.15) is 41.4 Å². The number of benzene rings is 5. The van der Waals surface area contributed by atoms with E-state index in [2.05, 4.69) is 0 Å². The highest BCUT2D eigenvalue weighted by Gasteiger charge is 2.15. The van der Waals surface area contributed by atoms with E-state index in [0.717, 1.165) is 33.7 Å². The predicted octanol–water partition coefficient (Wildman–Crippen LogP) is 6.12. The average Bonchev–Trinajstić information content (AvgIpc) is 2.90. The van der Waals surface area contributed by atoms with Gasteiger partial charge in [-0.2, -0.15) is 0 Å². The Bertz CT molecular complexity index is 1630. The van der Waals surface area contributed by atoms with Gasteiger partial charge in [0.25, 0.3) is 0 Å². The molecule has 0 bridgehead atoms. The molecule has 0 aromatic heterocycles. The van der Waals surface area contributed by atoms with Crippen LogP contribution in [0.15, 0.2) is 84.9 Å². The summed E-state index contributed by atoms with van der Waals surface area (Å²) < 4.78 is 0. The molecule has 0 amide bonds. The van der Waals surface area contributed by atoms with Gasteiger partial charge in [0.15, 0.2) is 0 Å². The zero-order chi connectivity index (χ0) is 27.1. The average molecular weight is 506 g/mol. The monoisotopic (exact) mass is 506 g/mol. The third-order valence-electron chi connectivity index (χ3n) is 6.32. The normalized spacial score (nSPS) is 10.9. The molecule has 4 N–H and O–H groups in total. The van der Waals surface area contributed by atoms with E-state index in [0.29, 0.717) is 22.3 Å². The molecule has 0 fully saturated rings. The Hall–Kier alpha value is -5.50. The number of hydrogen-bond donors (Lipinski definition) is 4. The van der Waals surface area contributed by atoms with Crippen molar-refractivity contribution in [1.82, 2.24) is 0 Å². The highest BCUT2D eigenvalue weighted by Crippen LogP contribution is 2.32. The molecule has 5 aromatic rings. The first-order chi connectivity index (χ1) is 18.1. The second kappa shape index (κ2) is 9.18. The molecule has 5 aromatic carbocycles. The zero-order valence-corrected chi connectivity index (χ0v) is 19.5. The van der Waals surface area contributed by atoms with E-state index >= 15 is 0 Å². The Labute approximate surface area is 214 Å². The van der Waals surface area contributed by atoms with Gasteiger partial charge in [0.05, 0.1) is 22.3 Å². The van der Waals surface area contributed by atoms with Gasteiger partial charge >= 0.3 is 23.9 Å². The quantitative estimate of drug-likeness (QED) is 0.201. The number of carbonyl (C=O) groups is 4. The molecule has 8 heteroatoms. The minimum absolute atomic E-state index is 0.121. The summed E-state index contributed by atoms with van der Waals surface area (Å²) in [4.78, 5) is 46.0. The van der Waals surface area contributed by atoms with Crippen LogP contribution in [0.25, 0.3) is 43.8 Å². The van der Waals surface area contributed by atoms with E-state index in [4.69, 9.17) is 0 Å². The van der Waals surface area contributed by atoms with Gasteiger partial charge in [-0.25, -0.2) is 19.2 Å². The maximum atomic E-state index is 11.5. The minimum Gasteiger partial charge on any atom is -0.478 e. The molecular formula is C30H18O8. The van der Waals surface area contributed by atoms with Crippen LogP contribution in [0.5, 0.6) is 0 Å². The Morgan fingerprint density at radius 2 is 0.658 bits per heavy atom. The molecule has 8 nitrogen and oxygen atoms in total. The van der Waals surface area contributed by atoms with Crippen LogP contribution < -0.4 is 0 Å². The molecule has 0 aliphatic rings. The van der Waals surface area contributed by atoms with Crippen molar-refractivity contribution in [2.45, 2.75) is 0 Å². The first-order valence-electron chi connectivity index (χ1n) is 11.3. The van der Waals surface area contributed by atoms with Gasteiger partial charge in [-0.05, 0) is 104 Å². The molecule has 5 rings (SSSR count).